The van der Waals surface area contributed by atoms with Crippen molar-refractivity contribution >= 4 is 22.4 Å². The van der Waals surface area contributed by atoms with E-state index in [2.05, 4.69) is 67.0 Å². The Labute approximate surface area is 181 Å². The van der Waals surface area contributed by atoms with Crippen LogP contribution in [0.4, 0.5) is 0 Å². The molecule has 0 atom stereocenters. The zero-order valence-corrected chi connectivity index (χ0v) is 17.1. The summed E-state index contributed by atoms with van der Waals surface area (Å²) in [4.78, 5) is 22.7. The number of hydrogen-bond donors (Lipinski definition) is 1. The number of aromatic nitrogens is 6. The highest BCUT2D eigenvalue weighted by Crippen LogP contribution is 2.33. The molecule has 0 aliphatic heterocycles. The van der Waals surface area contributed by atoms with Gasteiger partial charge < -0.3 is 9.55 Å². The summed E-state index contributed by atoms with van der Waals surface area (Å²) in [7, 11) is 0. The lowest BCUT2D eigenvalue weighted by Crippen LogP contribution is -1.94. The third kappa shape index (κ3) is 3.12. The van der Waals surface area contributed by atoms with Crippen molar-refractivity contribution in [3.05, 3.63) is 91.0 Å². The van der Waals surface area contributed by atoms with E-state index >= 15 is 0 Å². The summed E-state index contributed by atoms with van der Waals surface area (Å²) >= 11 is 1.65. The second-order valence-corrected chi connectivity index (χ2v) is 7.97. The Bertz CT molecular complexity index is 1460. The topological polar surface area (TPSA) is 72.3 Å². The molecule has 0 amide bonds. The molecule has 0 fully saturated rings. The minimum absolute atomic E-state index is 0.762. The summed E-state index contributed by atoms with van der Waals surface area (Å²) in [5.74, 6) is 0.829. The van der Waals surface area contributed by atoms with Crippen molar-refractivity contribution in [3.8, 4) is 39.0 Å². The zero-order chi connectivity index (χ0) is 20.6. The molecule has 6 rings (SSSR count). The number of imidazole rings is 1. The number of aromatic amines is 1. The molecule has 0 radical (unpaired) electrons. The lowest BCUT2D eigenvalue weighted by atomic mass is 10.1. The van der Waals surface area contributed by atoms with Gasteiger partial charge in [0.25, 0.3) is 0 Å². The van der Waals surface area contributed by atoms with Crippen molar-refractivity contribution in [2.75, 3.05) is 0 Å². The fourth-order valence-corrected chi connectivity index (χ4v) is 4.35. The quantitative estimate of drug-likeness (QED) is 0.403. The summed E-state index contributed by atoms with van der Waals surface area (Å²) in [5, 5.41) is 3.16. The molecule has 5 heterocycles. The first kappa shape index (κ1) is 17.7. The van der Waals surface area contributed by atoms with E-state index in [1.807, 2.05) is 29.9 Å². The van der Waals surface area contributed by atoms with Crippen LogP contribution >= 0.6 is 11.3 Å². The van der Waals surface area contributed by atoms with Crippen LogP contribution in [0.15, 0.2) is 91.0 Å². The van der Waals surface area contributed by atoms with Gasteiger partial charge in [0, 0.05) is 41.4 Å². The minimum Gasteiger partial charge on any atom is -0.335 e. The molecule has 31 heavy (non-hydrogen) atoms. The van der Waals surface area contributed by atoms with Crippen molar-refractivity contribution < 1.29 is 0 Å². The minimum atomic E-state index is 0.762. The van der Waals surface area contributed by atoms with Crippen molar-refractivity contribution in [2.24, 2.45) is 0 Å². The van der Waals surface area contributed by atoms with Gasteiger partial charge in [-0.15, -0.1) is 11.3 Å². The Morgan fingerprint density at radius 2 is 1.81 bits per heavy atom. The van der Waals surface area contributed by atoms with Crippen molar-refractivity contribution in [1.82, 2.24) is 29.5 Å². The average Bonchev–Trinajstić information content (AvgIpc) is 3.59. The summed E-state index contributed by atoms with van der Waals surface area (Å²) in [6.45, 7) is 0. The molecule has 1 N–H and O–H groups in total. The van der Waals surface area contributed by atoms with Gasteiger partial charge in [-0.25, -0.2) is 9.97 Å². The Hall–Kier alpha value is -4.10. The van der Waals surface area contributed by atoms with Crippen LogP contribution in [0.1, 0.15) is 0 Å². The van der Waals surface area contributed by atoms with Crippen LogP contribution in [0.5, 0.6) is 0 Å². The SMILES string of the molecule is c1csc(-c2nc(-c3ccc(-n4ccc5cccnc54)cc3)c(-c3cnccn3)[nH]2)c1. The molecule has 6 aromatic rings. The number of nitrogens with one attached hydrogen (secondary N) is 1. The number of benzene rings is 1. The van der Waals surface area contributed by atoms with Gasteiger partial charge >= 0.3 is 0 Å². The maximum Gasteiger partial charge on any atom is 0.148 e. The number of nitrogens with zero attached hydrogens (tertiary/aromatic N) is 5. The predicted molar refractivity (Wildman–Crippen MR) is 123 cm³/mol. The van der Waals surface area contributed by atoms with Crippen LogP contribution in [0.3, 0.4) is 0 Å². The van der Waals surface area contributed by atoms with Gasteiger partial charge in [-0.1, -0.05) is 18.2 Å². The molecule has 0 unspecified atom stereocenters. The maximum absolute atomic E-state index is 4.91. The van der Waals surface area contributed by atoms with Crippen LogP contribution in [-0.2, 0) is 0 Å². The number of fused-ring (bicyclic) bond motifs is 1. The third-order valence-corrected chi connectivity index (χ3v) is 6.02. The number of hydrogen-bond acceptors (Lipinski definition) is 5. The number of pyridine rings is 1. The maximum atomic E-state index is 4.91. The summed E-state index contributed by atoms with van der Waals surface area (Å²) in [6.07, 6.45) is 8.97. The van der Waals surface area contributed by atoms with Crippen LogP contribution in [0, 0.1) is 0 Å². The van der Waals surface area contributed by atoms with Gasteiger partial charge in [0.2, 0.25) is 0 Å². The normalized spacial score (nSPS) is 11.2. The van der Waals surface area contributed by atoms with E-state index in [1.165, 1.54) is 0 Å². The van der Waals surface area contributed by atoms with Gasteiger partial charge in [0.15, 0.2) is 0 Å². The van der Waals surface area contributed by atoms with E-state index in [9.17, 15) is 0 Å². The first-order valence-corrected chi connectivity index (χ1v) is 10.7. The number of thiophene rings is 1. The molecule has 1 aromatic carbocycles. The van der Waals surface area contributed by atoms with Crippen molar-refractivity contribution in [1.29, 1.82) is 0 Å². The van der Waals surface area contributed by atoms with E-state index in [-0.39, 0.29) is 0 Å². The van der Waals surface area contributed by atoms with Crippen LogP contribution < -0.4 is 0 Å². The molecule has 0 saturated heterocycles. The zero-order valence-electron chi connectivity index (χ0n) is 16.3. The first-order valence-electron chi connectivity index (χ1n) is 9.80. The largest absolute Gasteiger partial charge is 0.335 e. The first-order chi connectivity index (χ1) is 15.4. The van der Waals surface area contributed by atoms with Gasteiger partial charge in [-0.2, -0.15) is 0 Å². The Kier molecular flexibility index (Phi) is 4.18. The van der Waals surface area contributed by atoms with Crippen LogP contribution in [-0.4, -0.2) is 29.5 Å². The van der Waals surface area contributed by atoms with Crippen LogP contribution in [0.25, 0.3) is 50.1 Å². The summed E-state index contributed by atoms with van der Waals surface area (Å²) in [6, 6.07) is 18.5. The lowest BCUT2D eigenvalue weighted by Gasteiger charge is -2.07. The monoisotopic (exact) mass is 420 g/mol. The highest BCUT2D eigenvalue weighted by molar-refractivity contribution is 7.13. The van der Waals surface area contributed by atoms with E-state index in [4.69, 9.17) is 4.98 Å². The van der Waals surface area contributed by atoms with Crippen molar-refractivity contribution in [2.45, 2.75) is 0 Å². The highest BCUT2D eigenvalue weighted by Gasteiger charge is 2.17. The molecular formula is C24H16N6S. The van der Waals surface area contributed by atoms with Crippen molar-refractivity contribution in [3.63, 3.8) is 0 Å². The number of rotatable bonds is 4. The van der Waals surface area contributed by atoms with E-state index in [1.54, 1.807) is 29.9 Å². The molecule has 0 saturated carbocycles. The molecule has 0 aliphatic rings. The predicted octanol–water partition coefficient (Wildman–Crippen LogP) is 5.60. The Morgan fingerprint density at radius 3 is 2.61 bits per heavy atom. The molecule has 0 bridgehead atoms. The molecule has 5 aromatic heterocycles. The molecular weight excluding hydrogens is 404 g/mol. The second kappa shape index (κ2) is 7.30. The van der Waals surface area contributed by atoms with Crippen LogP contribution in [0.2, 0.25) is 0 Å². The average molecular weight is 421 g/mol. The number of H-pyrrole nitrogens is 1. The summed E-state index contributed by atoms with van der Waals surface area (Å²) < 4.78 is 2.09. The molecule has 0 aliphatic carbocycles. The standard InChI is InChI=1S/C24H16N6S/c1-3-17-9-13-30(24(17)27-10-1)18-7-5-16(6-8-18)21-22(19-15-25-11-12-26-19)29-23(28-21)20-4-2-14-31-20/h1-15H,(H,28,29). The third-order valence-electron chi connectivity index (χ3n) is 5.14. The van der Waals surface area contributed by atoms with Gasteiger partial charge in [0.1, 0.15) is 17.2 Å². The Balaban J connectivity index is 1.45. The van der Waals surface area contributed by atoms with E-state index in [0.717, 1.165) is 50.1 Å². The molecule has 0 spiro atoms. The van der Waals surface area contributed by atoms with E-state index in [0.29, 0.717) is 0 Å². The fourth-order valence-electron chi connectivity index (χ4n) is 3.68. The molecule has 6 nitrogen and oxygen atoms in total. The second-order valence-electron chi connectivity index (χ2n) is 7.03. The van der Waals surface area contributed by atoms with E-state index < -0.39 is 0 Å². The Morgan fingerprint density at radius 1 is 0.871 bits per heavy atom. The summed E-state index contributed by atoms with van der Waals surface area (Å²) in [5.41, 5.74) is 5.47. The molecule has 148 valence electrons. The van der Waals surface area contributed by atoms with Gasteiger partial charge in [-0.05, 0) is 41.8 Å². The molecule has 7 heteroatoms. The lowest BCUT2D eigenvalue weighted by molar-refractivity contribution is 1.09. The highest BCUT2D eigenvalue weighted by atomic mass is 32.1. The van der Waals surface area contributed by atoms with Gasteiger partial charge in [-0.3, -0.25) is 9.97 Å². The smallest absolute Gasteiger partial charge is 0.148 e. The van der Waals surface area contributed by atoms with Gasteiger partial charge in [0.05, 0.1) is 22.5 Å². The fraction of sp³-hybridized carbons (Fsp3) is 0.